The van der Waals surface area contributed by atoms with E-state index in [-0.39, 0.29) is 11.9 Å². The molecule has 1 N–H and O–H groups in total. The van der Waals surface area contributed by atoms with Crippen molar-refractivity contribution < 1.29 is 9.90 Å². The Labute approximate surface area is 109 Å². The normalized spacial score (nSPS) is 12.6. The van der Waals surface area contributed by atoms with Gasteiger partial charge < -0.3 is 10.0 Å². The van der Waals surface area contributed by atoms with Crippen molar-refractivity contribution in [3.63, 3.8) is 0 Å². The van der Waals surface area contributed by atoms with Crippen LogP contribution in [-0.2, 0) is 0 Å². The number of rotatable bonds is 4. The molecule has 1 unspecified atom stereocenters. The van der Waals surface area contributed by atoms with Gasteiger partial charge in [0.2, 0.25) is 0 Å². The van der Waals surface area contributed by atoms with Gasteiger partial charge in [-0.2, -0.15) is 0 Å². The Bertz CT molecular complexity index is 425. The lowest BCUT2D eigenvalue weighted by atomic mass is 10.0. The van der Waals surface area contributed by atoms with E-state index < -0.39 is 6.10 Å². The summed E-state index contributed by atoms with van der Waals surface area (Å²) in [5.41, 5.74) is 2.77. The van der Waals surface area contributed by atoms with Crippen molar-refractivity contribution in [1.82, 2.24) is 4.90 Å². The van der Waals surface area contributed by atoms with Crippen LogP contribution in [0.4, 0.5) is 0 Å². The lowest BCUT2D eigenvalue weighted by molar-refractivity contribution is 0.0578. The number of benzene rings is 1. The molecular formula is C15H23NO2. The molecule has 0 saturated carbocycles. The number of amides is 1. The van der Waals surface area contributed by atoms with E-state index in [1.165, 1.54) is 0 Å². The van der Waals surface area contributed by atoms with Crippen molar-refractivity contribution in [3.8, 4) is 0 Å². The molecule has 3 nitrogen and oxygen atoms in total. The maximum Gasteiger partial charge on any atom is 0.254 e. The summed E-state index contributed by atoms with van der Waals surface area (Å²) in [5, 5.41) is 9.50. The summed E-state index contributed by atoms with van der Waals surface area (Å²) in [6.45, 7) is 9.91. The first kappa shape index (κ1) is 14.7. The average molecular weight is 249 g/mol. The molecule has 0 aromatic heterocycles. The third-order valence-corrected chi connectivity index (χ3v) is 2.97. The third-order valence-electron chi connectivity index (χ3n) is 2.97. The van der Waals surface area contributed by atoms with Gasteiger partial charge in [-0.05, 0) is 46.2 Å². The zero-order chi connectivity index (χ0) is 13.9. The standard InChI is InChI=1S/C15H23NO2/c1-10(2)16(9-13(5)17)15(18)14-8-11(3)6-7-12(14)4/h6-8,10,13,17H,9H2,1-5H3. The van der Waals surface area contributed by atoms with Gasteiger partial charge in [0.15, 0.2) is 0 Å². The molecule has 3 heteroatoms. The highest BCUT2D eigenvalue weighted by Crippen LogP contribution is 2.15. The maximum absolute atomic E-state index is 12.5. The molecule has 0 fully saturated rings. The fourth-order valence-corrected chi connectivity index (χ4v) is 1.93. The molecule has 0 heterocycles. The Kier molecular flexibility index (Phi) is 4.91. The summed E-state index contributed by atoms with van der Waals surface area (Å²) in [4.78, 5) is 14.2. The Hall–Kier alpha value is -1.35. The Morgan fingerprint density at radius 3 is 2.39 bits per heavy atom. The highest BCUT2D eigenvalue weighted by atomic mass is 16.3. The van der Waals surface area contributed by atoms with E-state index in [4.69, 9.17) is 0 Å². The topological polar surface area (TPSA) is 40.5 Å². The second-order valence-electron chi connectivity index (χ2n) is 5.22. The second-order valence-corrected chi connectivity index (χ2v) is 5.22. The molecule has 0 bridgehead atoms. The first-order valence-corrected chi connectivity index (χ1v) is 6.39. The molecule has 0 saturated heterocycles. The van der Waals surface area contributed by atoms with Crippen molar-refractivity contribution in [3.05, 3.63) is 34.9 Å². The monoisotopic (exact) mass is 249 g/mol. The number of hydrogen-bond acceptors (Lipinski definition) is 2. The zero-order valence-electron chi connectivity index (χ0n) is 11.9. The van der Waals surface area contributed by atoms with E-state index in [1.807, 2.05) is 45.9 Å². The fourth-order valence-electron chi connectivity index (χ4n) is 1.93. The van der Waals surface area contributed by atoms with Gasteiger partial charge >= 0.3 is 0 Å². The smallest absolute Gasteiger partial charge is 0.254 e. The molecule has 1 atom stereocenters. The maximum atomic E-state index is 12.5. The first-order chi connectivity index (χ1) is 8.32. The molecule has 1 rings (SSSR count). The zero-order valence-corrected chi connectivity index (χ0v) is 11.9. The molecule has 1 aromatic carbocycles. The minimum absolute atomic E-state index is 0.00731. The Morgan fingerprint density at radius 1 is 1.28 bits per heavy atom. The SMILES string of the molecule is Cc1ccc(C)c(C(=O)N(CC(C)O)C(C)C)c1. The Morgan fingerprint density at radius 2 is 1.89 bits per heavy atom. The van der Waals surface area contributed by atoms with Crippen LogP contribution < -0.4 is 0 Å². The van der Waals surface area contributed by atoms with Crippen LogP contribution in [0.25, 0.3) is 0 Å². The molecule has 18 heavy (non-hydrogen) atoms. The third kappa shape index (κ3) is 3.57. The van der Waals surface area contributed by atoms with Crippen LogP contribution >= 0.6 is 0 Å². The molecule has 0 aliphatic rings. The van der Waals surface area contributed by atoms with E-state index in [2.05, 4.69) is 0 Å². The quantitative estimate of drug-likeness (QED) is 0.890. The predicted molar refractivity (Wildman–Crippen MR) is 73.8 cm³/mol. The lowest BCUT2D eigenvalue weighted by Gasteiger charge is -2.28. The summed E-state index contributed by atoms with van der Waals surface area (Å²) in [6, 6.07) is 5.95. The van der Waals surface area contributed by atoms with E-state index >= 15 is 0 Å². The fraction of sp³-hybridized carbons (Fsp3) is 0.533. The number of aliphatic hydroxyl groups is 1. The van der Waals surface area contributed by atoms with E-state index in [1.54, 1.807) is 11.8 Å². The van der Waals surface area contributed by atoms with E-state index in [0.29, 0.717) is 6.54 Å². The summed E-state index contributed by atoms with van der Waals surface area (Å²) in [7, 11) is 0. The number of aryl methyl sites for hydroxylation is 2. The van der Waals surface area contributed by atoms with Crippen molar-refractivity contribution in [2.45, 2.75) is 46.8 Å². The van der Waals surface area contributed by atoms with Crippen molar-refractivity contribution in [2.75, 3.05) is 6.54 Å². The summed E-state index contributed by atoms with van der Waals surface area (Å²) in [5.74, 6) is -0.00731. The molecular weight excluding hydrogens is 226 g/mol. The number of hydrogen-bond donors (Lipinski definition) is 1. The molecule has 1 aromatic rings. The summed E-state index contributed by atoms with van der Waals surface area (Å²) in [6.07, 6.45) is -0.513. The van der Waals surface area contributed by atoms with Gasteiger partial charge in [-0.15, -0.1) is 0 Å². The van der Waals surface area contributed by atoms with Gasteiger partial charge in [-0.1, -0.05) is 17.7 Å². The van der Waals surface area contributed by atoms with Gasteiger partial charge in [-0.3, -0.25) is 4.79 Å². The average Bonchev–Trinajstić information content (AvgIpc) is 2.27. The first-order valence-electron chi connectivity index (χ1n) is 6.39. The van der Waals surface area contributed by atoms with Crippen molar-refractivity contribution in [1.29, 1.82) is 0 Å². The second kappa shape index (κ2) is 6.01. The van der Waals surface area contributed by atoms with Gasteiger partial charge in [0, 0.05) is 18.2 Å². The van der Waals surface area contributed by atoms with Crippen molar-refractivity contribution in [2.24, 2.45) is 0 Å². The number of carbonyl (C=O) groups excluding carboxylic acids is 1. The van der Waals surface area contributed by atoms with Gasteiger partial charge in [0.1, 0.15) is 0 Å². The molecule has 0 spiro atoms. The van der Waals surface area contributed by atoms with Crippen LogP contribution in [0, 0.1) is 13.8 Å². The number of aliphatic hydroxyl groups excluding tert-OH is 1. The number of carbonyl (C=O) groups is 1. The van der Waals surface area contributed by atoms with Crippen LogP contribution in [0.5, 0.6) is 0 Å². The lowest BCUT2D eigenvalue weighted by Crippen LogP contribution is -2.41. The minimum atomic E-state index is -0.513. The van der Waals surface area contributed by atoms with E-state index in [9.17, 15) is 9.90 Å². The Balaban J connectivity index is 3.05. The van der Waals surface area contributed by atoms with Crippen LogP contribution in [0.1, 0.15) is 42.3 Å². The molecule has 0 radical (unpaired) electrons. The predicted octanol–water partition coefficient (Wildman–Crippen LogP) is 2.53. The van der Waals surface area contributed by atoms with Gasteiger partial charge in [-0.25, -0.2) is 0 Å². The minimum Gasteiger partial charge on any atom is -0.392 e. The van der Waals surface area contributed by atoms with Gasteiger partial charge in [0.25, 0.3) is 5.91 Å². The van der Waals surface area contributed by atoms with Crippen molar-refractivity contribution >= 4 is 5.91 Å². The van der Waals surface area contributed by atoms with E-state index in [0.717, 1.165) is 16.7 Å². The van der Waals surface area contributed by atoms with Gasteiger partial charge in [0.05, 0.1) is 6.10 Å². The highest BCUT2D eigenvalue weighted by Gasteiger charge is 2.21. The highest BCUT2D eigenvalue weighted by molar-refractivity contribution is 5.96. The molecule has 0 aliphatic heterocycles. The number of nitrogens with zero attached hydrogens (tertiary/aromatic N) is 1. The van der Waals surface area contributed by atoms with Crippen LogP contribution in [0.3, 0.4) is 0 Å². The van der Waals surface area contributed by atoms with Crippen LogP contribution in [0.15, 0.2) is 18.2 Å². The summed E-state index contributed by atoms with van der Waals surface area (Å²) >= 11 is 0. The molecule has 100 valence electrons. The molecule has 1 amide bonds. The van der Waals surface area contributed by atoms with Crippen LogP contribution in [-0.4, -0.2) is 34.6 Å². The largest absolute Gasteiger partial charge is 0.392 e. The summed E-state index contributed by atoms with van der Waals surface area (Å²) < 4.78 is 0. The molecule has 0 aliphatic carbocycles. The van der Waals surface area contributed by atoms with Crippen LogP contribution in [0.2, 0.25) is 0 Å².